The second kappa shape index (κ2) is 4.93. The van der Waals surface area contributed by atoms with Gasteiger partial charge in [-0.1, -0.05) is 35.9 Å². The summed E-state index contributed by atoms with van der Waals surface area (Å²) in [6.45, 7) is 4.10. The summed E-state index contributed by atoms with van der Waals surface area (Å²) in [6, 6.07) is 12.3. The third-order valence-electron chi connectivity index (χ3n) is 3.47. The van der Waals surface area contributed by atoms with E-state index in [4.69, 9.17) is 0 Å². The zero-order chi connectivity index (χ0) is 14.1. The molecule has 0 spiro atoms. The van der Waals surface area contributed by atoms with Crippen LogP contribution in [0.25, 0.3) is 16.9 Å². The largest absolute Gasteiger partial charge is 0.303 e. The molecule has 0 aliphatic heterocycles. The molecule has 3 rings (SSSR count). The Bertz CT molecular complexity index is 770. The summed E-state index contributed by atoms with van der Waals surface area (Å²) < 4.78 is 2.01. The van der Waals surface area contributed by atoms with Crippen molar-refractivity contribution in [3.8, 4) is 11.3 Å². The van der Waals surface area contributed by atoms with Gasteiger partial charge in [-0.3, -0.25) is 0 Å². The predicted octanol–water partition coefficient (Wildman–Crippen LogP) is 3.36. The molecule has 100 valence electrons. The molecule has 0 N–H and O–H groups in total. The van der Waals surface area contributed by atoms with Crippen molar-refractivity contribution in [3.63, 3.8) is 0 Å². The lowest BCUT2D eigenvalue weighted by Gasteiger charge is -2.03. The van der Waals surface area contributed by atoms with Crippen molar-refractivity contribution in [2.45, 2.75) is 20.3 Å². The molecule has 0 aliphatic rings. The Morgan fingerprint density at radius 2 is 1.75 bits per heavy atom. The smallest absolute Gasteiger partial charge is 0.137 e. The Balaban J connectivity index is 2.26. The number of aromatic nitrogens is 2. The van der Waals surface area contributed by atoms with Gasteiger partial charge in [0.2, 0.25) is 0 Å². The number of carbonyl (C=O) groups is 1. The van der Waals surface area contributed by atoms with Crippen molar-refractivity contribution in [1.82, 2.24) is 9.38 Å². The van der Waals surface area contributed by atoms with E-state index < -0.39 is 0 Å². The van der Waals surface area contributed by atoms with Crippen LogP contribution in [-0.2, 0) is 11.2 Å². The van der Waals surface area contributed by atoms with Crippen LogP contribution in [0, 0.1) is 13.8 Å². The molecule has 0 amide bonds. The SMILES string of the molecule is Cc1ccc(-c2nc3ccc(C)cn3c2CC=O)cc1. The molecule has 0 bridgehead atoms. The van der Waals surface area contributed by atoms with Gasteiger partial charge in [0.25, 0.3) is 0 Å². The van der Waals surface area contributed by atoms with Crippen molar-refractivity contribution >= 4 is 11.9 Å². The molecular formula is C17H16N2O. The van der Waals surface area contributed by atoms with Crippen LogP contribution in [0.1, 0.15) is 16.8 Å². The minimum Gasteiger partial charge on any atom is -0.303 e. The van der Waals surface area contributed by atoms with Crippen LogP contribution in [0.5, 0.6) is 0 Å². The van der Waals surface area contributed by atoms with Gasteiger partial charge < -0.3 is 9.20 Å². The third-order valence-corrected chi connectivity index (χ3v) is 3.47. The second-order valence-corrected chi connectivity index (χ2v) is 5.08. The first-order valence-electron chi connectivity index (χ1n) is 6.67. The number of nitrogens with zero attached hydrogens (tertiary/aromatic N) is 2. The van der Waals surface area contributed by atoms with Gasteiger partial charge in [0.1, 0.15) is 11.9 Å². The summed E-state index contributed by atoms with van der Waals surface area (Å²) in [5.41, 5.74) is 6.13. The van der Waals surface area contributed by atoms with Gasteiger partial charge in [0.05, 0.1) is 11.4 Å². The molecule has 0 fully saturated rings. The van der Waals surface area contributed by atoms with Gasteiger partial charge in [0, 0.05) is 18.2 Å². The van der Waals surface area contributed by atoms with E-state index in [0.29, 0.717) is 6.42 Å². The maximum atomic E-state index is 11.0. The standard InChI is InChI=1S/C17H16N2O/c1-12-3-6-14(7-4-12)17-15(9-10-20)19-11-13(2)5-8-16(19)18-17/h3-8,10-11H,9H2,1-2H3. The van der Waals surface area contributed by atoms with Crippen LogP contribution in [0.15, 0.2) is 42.6 Å². The fourth-order valence-corrected chi connectivity index (χ4v) is 2.42. The maximum Gasteiger partial charge on any atom is 0.137 e. The number of fused-ring (bicyclic) bond motifs is 1. The van der Waals surface area contributed by atoms with Crippen molar-refractivity contribution in [3.05, 3.63) is 59.4 Å². The Morgan fingerprint density at radius 3 is 2.45 bits per heavy atom. The monoisotopic (exact) mass is 264 g/mol. The molecule has 0 saturated heterocycles. The lowest BCUT2D eigenvalue weighted by molar-refractivity contribution is -0.107. The van der Waals surface area contributed by atoms with Gasteiger partial charge in [0.15, 0.2) is 0 Å². The van der Waals surface area contributed by atoms with Crippen molar-refractivity contribution < 1.29 is 4.79 Å². The number of pyridine rings is 1. The number of hydrogen-bond acceptors (Lipinski definition) is 2. The third kappa shape index (κ3) is 2.11. The summed E-state index contributed by atoms with van der Waals surface area (Å²) in [6.07, 6.45) is 3.33. The number of aryl methyl sites for hydroxylation is 2. The van der Waals surface area contributed by atoms with Crippen LogP contribution in [0.4, 0.5) is 0 Å². The fraction of sp³-hybridized carbons (Fsp3) is 0.176. The summed E-state index contributed by atoms with van der Waals surface area (Å²) in [7, 11) is 0. The molecule has 20 heavy (non-hydrogen) atoms. The first-order chi connectivity index (χ1) is 9.69. The molecule has 1 aromatic carbocycles. The topological polar surface area (TPSA) is 34.4 Å². The van der Waals surface area contributed by atoms with Crippen LogP contribution in [0.3, 0.4) is 0 Å². The quantitative estimate of drug-likeness (QED) is 0.680. The molecule has 0 radical (unpaired) electrons. The highest BCUT2D eigenvalue weighted by Gasteiger charge is 2.13. The Kier molecular flexibility index (Phi) is 3.11. The number of imidazole rings is 1. The first kappa shape index (κ1) is 12.6. The highest BCUT2D eigenvalue weighted by atomic mass is 16.1. The van der Waals surface area contributed by atoms with Crippen molar-refractivity contribution in [2.75, 3.05) is 0 Å². The van der Waals surface area contributed by atoms with Crippen LogP contribution < -0.4 is 0 Å². The first-order valence-corrected chi connectivity index (χ1v) is 6.67. The highest BCUT2D eigenvalue weighted by molar-refractivity contribution is 5.70. The van der Waals surface area contributed by atoms with Crippen LogP contribution in [0.2, 0.25) is 0 Å². The normalized spacial score (nSPS) is 10.9. The van der Waals surface area contributed by atoms with Gasteiger partial charge in [-0.15, -0.1) is 0 Å². The van der Waals surface area contributed by atoms with Crippen molar-refractivity contribution in [2.24, 2.45) is 0 Å². The summed E-state index contributed by atoms with van der Waals surface area (Å²) in [5, 5.41) is 0. The lowest BCUT2D eigenvalue weighted by Crippen LogP contribution is -1.96. The fourth-order valence-electron chi connectivity index (χ4n) is 2.42. The summed E-state index contributed by atoms with van der Waals surface area (Å²) >= 11 is 0. The molecule has 0 saturated carbocycles. The Hall–Kier alpha value is -2.42. The summed E-state index contributed by atoms with van der Waals surface area (Å²) in [5.74, 6) is 0. The van der Waals surface area contributed by atoms with E-state index in [1.54, 1.807) is 0 Å². The average Bonchev–Trinajstić information content (AvgIpc) is 2.79. The molecule has 2 aromatic heterocycles. The van der Waals surface area contributed by atoms with E-state index in [9.17, 15) is 4.79 Å². The van der Waals surface area contributed by atoms with E-state index in [2.05, 4.69) is 36.2 Å². The number of carbonyl (C=O) groups excluding carboxylic acids is 1. The van der Waals surface area contributed by atoms with E-state index in [1.165, 1.54) is 5.56 Å². The molecule has 3 nitrogen and oxygen atoms in total. The molecular weight excluding hydrogens is 248 g/mol. The minimum absolute atomic E-state index is 0.369. The molecule has 0 aliphatic carbocycles. The Morgan fingerprint density at radius 1 is 1.05 bits per heavy atom. The predicted molar refractivity (Wildman–Crippen MR) is 79.9 cm³/mol. The number of benzene rings is 1. The van der Waals surface area contributed by atoms with Gasteiger partial charge >= 0.3 is 0 Å². The molecule has 3 aromatic rings. The number of hydrogen-bond donors (Lipinski definition) is 0. The number of aldehydes is 1. The van der Waals surface area contributed by atoms with E-state index >= 15 is 0 Å². The molecule has 0 unspecified atom stereocenters. The molecule has 2 heterocycles. The van der Waals surface area contributed by atoms with E-state index in [1.807, 2.05) is 29.7 Å². The van der Waals surface area contributed by atoms with Crippen molar-refractivity contribution in [1.29, 1.82) is 0 Å². The highest BCUT2D eigenvalue weighted by Crippen LogP contribution is 2.25. The van der Waals surface area contributed by atoms with Crippen LogP contribution >= 0.6 is 0 Å². The maximum absolute atomic E-state index is 11.0. The molecule has 3 heteroatoms. The zero-order valence-corrected chi connectivity index (χ0v) is 11.6. The lowest BCUT2D eigenvalue weighted by atomic mass is 10.1. The minimum atomic E-state index is 0.369. The van der Waals surface area contributed by atoms with E-state index in [0.717, 1.165) is 34.4 Å². The number of rotatable bonds is 3. The second-order valence-electron chi connectivity index (χ2n) is 5.08. The van der Waals surface area contributed by atoms with E-state index in [-0.39, 0.29) is 0 Å². The zero-order valence-electron chi connectivity index (χ0n) is 11.6. The Labute approximate surface area is 117 Å². The summed E-state index contributed by atoms with van der Waals surface area (Å²) in [4.78, 5) is 15.7. The van der Waals surface area contributed by atoms with Gasteiger partial charge in [-0.25, -0.2) is 4.98 Å². The average molecular weight is 264 g/mol. The molecule has 0 atom stereocenters. The van der Waals surface area contributed by atoms with Gasteiger partial charge in [-0.2, -0.15) is 0 Å². The van der Waals surface area contributed by atoms with Crippen LogP contribution in [-0.4, -0.2) is 15.7 Å². The van der Waals surface area contributed by atoms with Gasteiger partial charge in [-0.05, 0) is 25.5 Å².